The van der Waals surface area contributed by atoms with Crippen molar-refractivity contribution in [1.82, 2.24) is 0 Å². The molecule has 4 nitrogen and oxygen atoms in total. The van der Waals surface area contributed by atoms with Gasteiger partial charge in [-0.25, -0.2) is 4.79 Å². The minimum atomic E-state index is -0.572. The highest BCUT2D eigenvalue weighted by Gasteiger charge is 2.15. The Morgan fingerprint density at radius 1 is 1.11 bits per heavy atom. The van der Waals surface area contributed by atoms with Gasteiger partial charge in [0.25, 0.3) is 0 Å². The fourth-order valence-electron chi connectivity index (χ4n) is 2.34. The van der Waals surface area contributed by atoms with E-state index >= 15 is 0 Å². The molecule has 0 bridgehead atoms. The summed E-state index contributed by atoms with van der Waals surface area (Å²) in [5, 5.41) is 11.4. The van der Waals surface area contributed by atoms with Crippen molar-refractivity contribution in [3.63, 3.8) is 0 Å². The third kappa shape index (κ3) is 4.93. The van der Waals surface area contributed by atoms with Crippen molar-refractivity contribution in [2.24, 2.45) is 4.99 Å². The molecule has 142 valence electrons. The van der Waals surface area contributed by atoms with Gasteiger partial charge in [0.1, 0.15) is 0 Å². The van der Waals surface area contributed by atoms with E-state index in [4.69, 9.17) is 27.9 Å². The van der Waals surface area contributed by atoms with Gasteiger partial charge in [0.2, 0.25) is 0 Å². The second kappa shape index (κ2) is 8.78. The summed E-state index contributed by atoms with van der Waals surface area (Å²) in [6, 6.07) is 15.0. The Morgan fingerprint density at radius 2 is 1.82 bits per heavy atom. The van der Waals surface area contributed by atoms with E-state index in [9.17, 15) is 9.90 Å². The molecular weight excluding hydrogens is 465 g/mol. The highest BCUT2D eigenvalue weighted by Crippen LogP contribution is 2.34. The van der Waals surface area contributed by atoms with E-state index in [0.29, 0.717) is 31.3 Å². The Hall–Kier alpha value is -2.34. The minimum Gasteiger partial charge on any atom is -0.504 e. The van der Waals surface area contributed by atoms with Gasteiger partial charge >= 0.3 is 5.97 Å². The number of esters is 1. The standard InChI is InChI=1S/C21H14BrCl2NO3/c1-12-2-4-13(5-3-12)21(27)28-19-9-15(22)8-14(20(19)26)11-25-18-7-6-16(23)10-17(18)24/h2-11,26H,1H3. The number of rotatable bonds is 4. The van der Waals surface area contributed by atoms with Crippen molar-refractivity contribution < 1.29 is 14.6 Å². The normalized spacial score (nSPS) is 11.0. The summed E-state index contributed by atoms with van der Waals surface area (Å²) in [5.74, 6) is -0.766. The number of phenols is 1. The van der Waals surface area contributed by atoms with E-state index in [1.807, 2.05) is 19.1 Å². The van der Waals surface area contributed by atoms with Gasteiger partial charge in [0.05, 0.1) is 16.3 Å². The zero-order valence-corrected chi connectivity index (χ0v) is 17.7. The third-order valence-electron chi connectivity index (χ3n) is 3.81. The second-order valence-corrected chi connectivity index (χ2v) is 7.71. The zero-order valence-electron chi connectivity index (χ0n) is 14.6. The lowest BCUT2D eigenvalue weighted by molar-refractivity contribution is 0.0729. The average Bonchev–Trinajstić information content (AvgIpc) is 2.64. The van der Waals surface area contributed by atoms with Gasteiger partial charge in [0.15, 0.2) is 11.5 Å². The third-order valence-corrected chi connectivity index (χ3v) is 4.81. The predicted octanol–water partition coefficient (Wildman–Crippen LogP) is 6.74. The molecule has 0 atom stereocenters. The minimum absolute atomic E-state index is 0.0172. The molecule has 0 amide bonds. The topological polar surface area (TPSA) is 58.9 Å². The van der Waals surface area contributed by atoms with Crippen LogP contribution in [-0.4, -0.2) is 17.3 Å². The van der Waals surface area contributed by atoms with E-state index < -0.39 is 5.97 Å². The van der Waals surface area contributed by atoms with Crippen LogP contribution < -0.4 is 4.74 Å². The predicted molar refractivity (Wildman–Crippen MR) is 116 cm³/mol. The maximum atomic E-state index is 12.3. The molecule has 0 saturated heterocycles. The van der Waals surface area contributed by atoms with Crippen LogP contribution in [0.4, 0.5) is 5.69 Å². The van der Waals surface area contributed by atoms with Crippen molar-refractivity contribution in [2.45, 2.75) is 6.92 Å². The van der Waals surface area contributed by atoms with Crippen LogP contribution in [0.1, 0.15) is 21.5 Å². The Labute approximate surface area is 180 Å². The van der Waals surface area contributed by atoms with Gasteiger partial charge in [-0.2, -0.15) is 0 Å². The second-order valence-electron chi connectivity index (χ2n) is 5.95. The van der Waals surface area contributed by atoms with Crippen LogP contribution in [0.15, 0.2) is 64.1 Å². The van der Waals surface area contributed by atoms with E-state index in [2.05, 4.69) is 20.9 Å². The molecule has 0 saturated carbocycles. The van der Waals surface area contributed by atoms with E-state index in [0.717, 1.165) is 5.56 Å². The Bertz CT molecular complexity index is 1070. The summed E-state index contributed by atoms with van der Waals surface area (Å²) in [4.78, 5) is 16.6. The smallest absolute Gasteiger partial charge is 0.343 e. The molecule has 0 spiro atoms. The first kappa shape index (κ1) is 20.4. The maximum Gasteiger partial charge on any atom is 0.343 e. The summed E-state index contributed by atoms with van der Waals surface area (Å²) in [5.41, 5.74) is 2.25. The molecule has 28 heavy (non-hydrogen) atoms. The number of aliphatic imine (C=N–C) groups is 1. The van der Waals surface area contributed by atoms with Gasteiger partial charge in [0, 0.05) is 21.3 Å². The van der Waals surface area contributed by atoms with Crippen molar-refractivity contribution >= 4 is 57.0 Å². The van der Waals surface area contributed by atoms with E-state index in [-0.39, 0.29) is 11.5 Å². The van der Waals surface area contributed by atoms with Crippen LogP contribution in [0.25, 0.3) is 0 Å². The summed E-state index contributed by atoms with van der Waals surface area (Å²) in [6.45, 7) is 1.92. The molecule has 1 N–H and O–H groups in total. The number of benzene rings is 3. The summed E-state index contributed by atoms with van der Waals surface area (Å²) >= 11 is 15.3. The van der Waals surface area contributed by atoms with Gasteiger partial charge < -0.3 is 9.84 Å². The molecule has 3 rings (SSSR count). The molecule has 0 radical (unpaired) electrons. The number of aryl methyl sites for hydroxylation is 1. The summed E-state index contributed by atoms with van der Waals surface area (Å²) in [7, 11) is 0. The van der Waals surface area contributed by atoms with Crippen molar-refractivity contribution in [3.8, 4) is 11.5 Å². The number of carbonyl (C=O) groups is 1. The maximum absolute atomic E-state index is 12.3. The highest BCUT2D eigenvalue weighted by atomic mass is 79.9. The quantitative estimate of drug-likeness (QED) is 0.256. The summed E-state index contributed by atoms with van der Waals surface area (Å²) in [6.07, 6.45) is 1.43. The van der Waals surface area contributed by atoms with Gasteiger partial charge in [-0.15, -0.1) is 0 Å². The van der Waals surface area contributed by atoms with Crippen LogP contribution in [0.5, 0.6) is 11.5 Å². The van der Waals surface area contributed by atoms with E-state index in [1.165, 1.54) is 12.3 Å². The zero-order chi connectivity index (χ0) is 20.3. The van der Waals surface area contributed by atoms with Crippen LogP contribution in [0.3, 0.4) is 0 Å². The Kier molecular flexibility index (Phi) is 6.39. The SMILES string of the molecule is Cc1ccc(C(=O)Oc2cc(Br)cc(C=Nc3ccc(Cl)cc3Cl)c2O)cc1. The van der Waals surface area contributed by atoms with Crippen molar-refractivity contribution in [2.75, 3.05) is 0 Å². The van der Waals surface area contributed by atoms with Gasteiger partial charge in [-0.1, -0.05) is 56.8 Å². The fourth-order valence-corrected chi connectivity index (χ4v) is 3.26. The number of halogens is 3. The molecule has 0 aliphatic carbocycles. The van der Waals surface area contributed by atoms with Crippen molar-refractivity contribution in [3.05, 3.63) is 85.8 Å². The number of aromatic hydroxyl groups is 1. The first-order valence-electron chi connectivity index (χ1n) is 8.14. The van der Waals surface area contributed by atoms with Crippen molar-refractivity contribution in [1.29, 1.82) is 0 Å². The molecule has 0 aliphatic heterocycles. The van der Waals surface area contributed by atoms with Crippen LogP contribution >= 0.6 is 39.1 Å². The number of hydrogen-bond acceptors (Lipinski definition) is 4. The molecule has 0 fully saturated rings. The molecular formula is C21H14BrCl2NO3. The van der Waals surface area contributed by atoms with E-state index in [1.54, 1.807) is 36.4 Å². The number of carbonyl (C=O) groups excluding carboxylic acids is 1. The Morgan fingerprint density at radius 3 is 2.50 bits per heavy atom. The highest BCUT2D eigenvalue weighted by molar-refractivity contribution is 9.10. The lowest BCUT2D eigenvalue weighted by Crippen LogP contribution is -2.09. The van der Waals surface area contributed by atoms with Gasteiger partial charge in [-0.05, 0) is 49.4 Å². The number of hydrogen-bond donors (Lipinski definition) is 1. The average molecular weight is 479 g/mol. The van der Waals surface area contributed by atoms with Crippen LogP contribution in [0, 0.1) is 6.92 Å². The molecule has 7 heteroatoms. The molecule has 0 unspecified atom stereocenters. The number of phenolic OH excluding ortho intramolecular Hbond substituents is 1. The lowest BCUT2D eigenvalue weighted by atomic mass is 10.1. The number of nitrogens with zero attached hydrogens (tertiary/aromatic N) is 1. The van der Waals surface area contributed by atoms with Crippen LogP contribution in [-0.2, 0) is 0 Å². The molecule has 0 aliphatic rings. The monoisotopic (exact) mass is 477 g/mol. The Balaban J connectivity index is 1.88. The van der Waals surface area contributed by atoms with Crippen LogP contribution in [0.2, 0.25) is 10.0 Å². The largest absolute Gasteiger partial charge is 0.504 e. The first-order valence-corrected chi connectivity index (χ1v) is 9.69. The van der Waals surface area contributed by atoms with Gasteiger partial charge in [-0.3, -0.25) is 4.99 Å². The lowest BCUT2D eigenvalue weighted by Gasteiger charge is -2.09. The molecule has 3 aromatic carbocycles. The number of ether oxygens (including phenoxy) is 1. The first-order chi connectivity index (χ1) is 13.3. The molecule has 3 aromatic rings. The fraction of sp³-hybridized carbons (Fsp3) is 0.0476. The molecule has 0 aromatic heterocycles. The summed E-state index contributed by atoms with van der Waals surface area (Å²) < 4.78 is 5.97. The molecule has 0 heterocycles.